The van der Waals surface area contributed by atoms with Gasteiger partial charge in [0, 0.05) is 29.5 Å². The lowest BCUT2D eigenvalue weighted by atomic mass is 10.1. The Morgan fingerprint density at radius 1 is 1.38 bits per heavy atom. The molecule has 0 fully saturated rings. The number of anilines is 1. The van der Waals surface area contributed by atoms with Crippen molar-refractivity contribution in [1.29, 1.82) is 0 Å². The third-order valence-electron chi connectivity index (χ3n) is 3.26. The SMILES string of the molecule is CNc1nc(CNC(=O)Cc2c[nH]c3ccccc23)cs1. The molecule has 1 aromatic carbocycles. The molecule has 2 heterocycles. The van der Waals surface area contributed by atoms with Gasteiger partial charge in [0.05, 0.1) is 18.7 Å². The highest BCUT2D eigenvalue weighted by Gasteiger charge is 2.09. The number of nitrogens with one attached hydrogen (secondary N) is 3. The number of carbonyl (C=O) groups excluding carboxylic acids is 1. The second kappa shape index (κ2) is 5.97. The maximum atomic E-state index is 12.0. The van der Waals surface area contributed by atoms with Crippen LogP contribution in [0.2, 0.25) is 0 Å². The van der Waals surface area contributed by atoms with Crippen LogP contribution in [0, 0.1) is 0 Å². The zero-order chi connectivity index (χ0) is 14.7. The van der Waals surface area contributed by atoms with Crippen LogP contribution in [0.25, 0.3) is 10.9 Å². The number of H-pyrrole nitrogens is 1. The van der Waals surface area contributed by atoms with Crippen LogP contribution in [0.5, 0.6) is 0 Å². The summed E-state index contributed by atoms with van der Waals surface area (Å²) in [7, 11) is 1.83. The molecule has 0 radical (unpaired) electrons. The Morgan fingerprint density at radius 3 is 3.05 bits per heavy atom. The number of hydrogen-bond acceptors (Lipinski definition) is 4. The van der Waals surface area contributed by atoms with Crippen LogP contribution in [-0.4, -0.2) is 22.9 Å². The Bertz CT molecular complexity index is 762. The number of aromatic nitrogens is 2. The number of carbonyl (C=O) groups is 1. The summed E-state index contributed by atoms with van der Waals surface area (Å²) < 4.78 is 0. The molecule has 6 heteroatoms. The lowest BCUT2D eigenvalue weighted by Crippen LogP contribution is -2.24. The second-order valence-electron chi connectivity index (χ2n) is 4.71. The fraction of sp³-hybridized carbons (Fsp3) is 0.200. The van der Waals surface area contributed by atoms with Crippen LogP contribution in [-0.2, 0) is 17.8 Å². The lowest BCUT2D eigenvalue weighted by molar-refractivity contribution is -0.120. The van der Waals surface area contributed by atoms with E-state index in [0.29, 0.717) is 13.0 Å². The van der Waals surface area contributed by atoms with E-state index in [0.717, 1.165) is 27.3 Å². The highest BCUT2D eigenvalue weighted by molar-refractivity contribution is 7.13. The van der Waals surface area contributed by atoms with Gasteiger partial charge < -0.3 is 15.6 Å². The first-order chi connectivity index (χ1) is 10.3. The number of amides is 1. The Labute approximate surface area is 126 Å². The van der Waals surface area contributed by atoms with Crippen LogP contribution in [0.15, 0.2) is 35.8 Å². The lowest BCUT2D eigenvalue weighted by Gasteiger charge is -2.02. The van der Waals surface area contributed by atoms with Gasteiger partial charge in [-0.15, -0.1) is 11.3 Å². The molecular formula is C15H16N4OS. The number of hydrogen-bond donors (Lipinski definition) is 3. The van der Waals surface area contributed by atoms with E-state index < -0.39 is 0 Å². The van der Waals surface area contributed by atoms with Crippen molar-refractivity contribution in [2.24, 2.45) is 0 Å². The second-order valence-corrected chi connectivity index (χ2v) is 5.57. The van der Waals surface area contributed by atoms with Crippen LogP contribution in [0.4, 0.5) is 5.13 Å². The monoisotopic (exact) mass is 300 g/mol. The molecule has 0 aliphatic heterocycles. The zero-order valence-corrected chi connectivity index (χ0v) is 12.5. The number of nitrogens with zero attached hydrogens (tertiary/aromatic N) is 1. The molecule has 0 aliphatic rings. The van der Waals surface area contributed by atoms with Crippen molar-refractivity contribution in [2.75, 3.05) is 12.4 Å². The molecule has 1 amide bonds. The van der Waals surface area contributed by atoms with Gasteiger partial charge in [-0.1, -0.05) is 18.2 Å². The molecule has 3 N–H and O–H groups in total. The van der Waals surface area contributed by atoms with Crippen molar-refractivity contribution < 1.29 is 4.79 Å². The highest BCUT2D eigenvalue weighted by atomic mass is 32.1. The first-order valence-electron chi connectivity index (χ1n) is 6.70. The summed E-state index contributed by atoms with van der Waals surface area (Å²) in [5, 5.41) is 9.78. The van der Waals surface area contributed by atoms with Crippen molar-refractivity contribution in [1.82, 2.24) is 15.3 Å². The third-order valence-corrected chi connectivity index (χ3v) is 4.17. The summed E-state index contributed by atoms with van der Waals surface area (Å²) in [6.45, 7) is 0.458. The molecule has 2 aromatic heterocycles. The van der Waals surface area contributed by atoms with Crippen molar-refractivity contribution in [3.8, 4) is 0 Å². The number of aromatic amines is 1. The number of rotatable bonds is 5. The van der Waals surface area contributed by atoms with Crippen LogP contribution < -0.4 is 10.6 Å². The quantitative estimate of drug-likeness (QED) is 0.678. The summed E-state index contributed by atoms with van der Waals surface area (Å²) in [5.74, 6) is -0.00115. The molecule has 21 heavy (non-hydrogen) atoms. The average Bonchev–Trinajstić information content (AvgIpc) is 3.12. The predicted molar refractivity (Wildman–Crippen MR) is 85.5 cm³/mol. The summed E-state index contributed by atoms with van der Waals surface area (Å²) in [4.78, 5) is 19.6. The van der Waals surface area contributed by atoms with Gasteiger partial charge in [0.25, 0.3) is 0 Å². The number of thiazole rings is 1. The van der Waals surface area contributed by atoms with Crippen LogP contribution in [0.1, 0.15) is 11.3 Å². The average molecular weight is 300 g/mol. The van der Waals surface area contributed by atoms with Crippen molar-refractivity contribution >= 4 is 33.3 Å². The van der Waals surface area contributed by atoms with Crippen molar-refractivity contribution in [3.63, 3.8) is 0 Å². The van der Waals surface area contributed by atoms with Gasteiger partial charge in [-0.3, -0.25) is 4.79 Å². The predicted octanol–water partition coefficient (Wildman–Crippen LogP) is 2.53. The summed E-state index contributed by atoms with van der Waals surface area (Å²) in [6.07, 6.45) is 2.26. The molecule has 0 spiro atoms. The maximum absolute atomic E-state index is 12.0. The molecule has 0 atom stereocenters. The highest BCUT2D eigenvalue weighted by Crippen LogP contribution is 2.18. The summed E-state index contributed by atoms with van der Waals surface area (Å²) >= 11 is 1.53. The number of para-hydroxylation sites is 1. The number of benzene rings is 1. The van der Waals surface area contributed by atoms with Gasteiger partial charge in [-0.05, 0) is 11.6 Å². The molecule has 0 aliphatic carbocycles. The molecule has 5 nitrogen and oxygen atoms in total. The molecular weight excluding hydrogens is 284 g/mol. The third kappa shape index (κ3) is 3.05. The summed E-state index contributed by atoms with van der Waals surface area (Å²) in [5.41, 5.74) is 2.94. The molecule has 0 bridgehead atoms. The van der Waals surface area contributed by atoms with E-state index in [1.54, 1.807) is 0 Å². The van der Waals surface area contributed by atoms with Gasteiger partial charge in [0.1, 0.15) is 0 Å². The smallest absolute Gasteiger partial charge is 0.224 e. The molecule has 0 unspecified atom stereocenters. The van der Waals surface area contributed by atoms with E-state index in [1.165, 1.54) is 11.3 Å². The fourth-order valence-corrected chi connectivity index (χ4v) is 2.88. The zero-order valence-electron chi connectivity index (χ0n) is 11.6. The van der Waals surface area contributed by atoms with Gasteiger partial charge in [-0.25, -0.2) is 4.98 Å². The first kappa shape index (κ1) is 13.6. The first-order valence-corrected chi connectivity index (χ1v) is 7.58. The van der Waals surface area contributed by atoms with Crippen molar-refractivity contribution in [2.45, 2.75) is 13.0 Å². The normalized spacial score (nSPS) is 10.7. The van der Waals surface area contributed by atoms with Crippen molar-refractivity contribution in [3.05, 3.63) is 47.1 Å². The van der Waals surface area contributed by atoms with E-state index in [9.17, 15) is 4.79 Å². The molecule has 0 saturated heterocycles. The largest absolute Gasteiger partial charge is 0.365 e. The van der Waals surface area contributed by atoms with E-state index in [-0.39, 0.29) is 5.91 Å². The van der Waals surface area contributed by atoms with E-state index >= 15 is 0 Å². The van der Waals surface area contributed by atoms with E-state index in [1.807, 2.05) is 42.9 Å². The van der Waals surface area contributed by atoms with Gasteiger partial charge in [0.2, 0.25) is 5.91 Å². The topological polar surface area (TPSA) is 69.8 Å². The standard InChI is InChI=1S/C15H16N4OS/c1-16-15-19-11(9-21-15)8-18-14(20)6-10-7-17-13-5-3-2-4-12(10)13/h2-5,7,9,17H,6,8H2,1H3,(H,16,19)(H,18,20). The van der Waals surface area contributed by atoms with Gasteiger partial charge >= 0.3 is 0 Å². The molecule has 3 rings (SSSR count). The van der Waals surface area contributed by atoms with E-state index in [2.05, 4.69) is 20.6 Å². The minimum atomic E-state index is -0.00115. The summed E-state index contributed by atoms with van der Waals surface area (Å²) in [6, 6.07) is 7.98. The van der Waals surface area contributed by atoms with Crippen LogP contribution >= 0.6 is 11.3 Å². The Kier molecular flexibility index (Phi) is 3.87. The molecule has 0 saturated carbocycles. The minimum absolute atomic E-state index is 0.00115. The van der Waals surface area contributed by atoms with Gasteiger partial charge in [0.15, 0.2) is 5.13 Å². The minimum Gasteiger partial charge on any atom is -0.365 e. The van der Waals surface area contributed by atoms with Crippen LogP contribution in [0.3, 0.4) is 0 Å². The Morgan fingerprint density at radius 2 is 2.24 bits per heavy atom. The Hall–Kier alpha value is -2.34. The Balaban J connectivity index is 1.61. The molecule has 108 valence electrons. The molecule has 3 aromatic rings. The van der Waals surface area contributed by atoms with E-state index in [4.69, 9.17) is 0 Å². The maximum Gasteiger partial charge on any atom is 0.224 e. The fourth-order valence-electron chi connectivity index (χ4n) is 2.21. The number of fused-ring (bicyclic) bond motifs is 1. The van der Waals surface area contributed by atoms with Gasteiger partial charge in [-0.2, -0.15) is 0 Å².